The van der Waals surface area contributed by atoms with Crippen molar-refractivity contribution in [2.75, 3.05) is 25.0 Å². The van der Waals surface area contributed by atoms with Crippen molar-refractivity contribution in [2.45, 2.75) is 70.0 Å². The molecule has 0 spiro atoms. The van der Waals surface area contributed by atoms with Crippen LogP contribution >= 0.6 is 23.5 Å². The fraction of sp³-hybridized carbons (Fsp3) is 0.700. The predicted molar refractivity (Wildman–Crippen MR) is 146 cm³/mol. The average Bonchev–Trinajstić information content (AvgIpc) is 3.43. The van der Waals surface area contributed by atoms with Gasteiger partial charge in [0.05, 0.1) is 12.9 Å². The van der Waals surface area contributed by atoms with Crippen LogP contribution in [0.4, 0.5) is 5.82 Å². The van der Waals surface area contributed by atoms with Gasteiger partial charge in [0.25, 0.3) is 0 Å². The van der Waals surface area contributed by atoms with Gasteiger partial charge in [-0.25, -0.2) is 28.6 Å². The molecule has 3 heterocycles. The Morgan fingerprint density at radius 3 is 2.23 bits per heavy atom. The number of aromatic nitrogens is 4. The molecule has 244 valence electrons. The second kappa shape index (κ2) is 15.4. The van der Waals surface area contributed by atoms with E-state index in [1.54, 1.807) is 0 Å². The number of anilines is 1. The van der Waals surface area contributed by atoms with Gasteiger partial charge < -0.3 is 45.2 Å². The van der Waals surface area contributed by atoms with Crippen molar-refractivity contribution >= 4 is 46.4 Å². The van der Waals surface area contributed by atoms with E-state index in [9.17, 15) is 38.5 Å². The van der Waals surface area contributed by atoms with E-state index in [1.807, 2.05) is 0 Å². The molecule has 0 bridgehead atoms. The van der Waals surface area contributed by atoms with Gasteiger partial charge >= 0.3 is 23.5 Å². The molecular weight excluding hydrogens is 641 g/mol. The monoisotopic (exact) mass is 676 g/mol. The number of unbranched alkanes of at least 4 members (excludes halogenated alkanes) is 5. The lowest BCUT2D eigenvalue weighted by atomic mass is 10.1. The number of phosphoric ester groups is 1. The Morgan fingerprint density at radius 2 is 1.58 bits per heavy atom. The van der Waals surface area contributed by atoms with Crippen LogP contribution in [0.5, 0.6) is 0 Å². The lowest BCUT2D eigenvalue weighted by molar-refractivity contribution is -0.118. The van der Waals surface area contributed by atoms with Crippen LogP contribution in [0.2, 0.25) is 0 Å². The van der Waals surface area contributed by atoms with E-state index in [1.165, 1.54) is 24.1 Å². The molecule has 23 heteroatoms. The molecule has 1 amide bonds. The number of phosphoric acid groups is 3. The van der Waals surface area contributed by atoms with Crippen LogP contribution in [0.1, 0.15) is 51.7 Å². The summed E-state index contributed by atoms with van der Waals surface area (Å²) in [5, 5.41) is 26.9. The number of carbonyl (C=O) groups excluding carboxylic acids is 1. The number of imidazole rings is 1. The summed E-state index contributed by atoms with van der Waals surface area (Å²) in [6.07, 6.45) is 2.43. The zero-order chi connectivity index (χ0) is 31.8. The second-order valence-electron chi connectivity index (χ2n) is 9.51. The third-order valence-corrected chi connectivity index (χ3v) is 9.86. The van der Waals surface area contributed by atoms with E-state index in [0.717, 1.165) is 38.5 Å². The predicted octanol–water partition coefficient (Wildman–Crippen LogP) is 0.677. The molecule has 20 nitrogen and oxygen atoms in total. The standard InChI is InChI=1S/C20H35N6O14P3/c1-13(27)21-8-6-4-2-3-5-7-9-22-18-15-19(24-11-23-18)26(12-25-15)20-17(29)16(28)14(38-20)10-37-42(33,34)40-43(35,36)39-41(30,31)32/h11-12,14,16-17,20,28-29H,2-10H2,1H3,(H,21,27)(H,33,34)(H,35,36)(H,22,23,24)(H2,30,31,32)/t14-,16-,17-,20-/m1/s1. The summed E-state index contributed by atoms with van der Waals surface area (Å²) in [5.74, 6) is 0.396. The minimum Gasteiger partial charge on any atom is -0.387 e. The number of fused-ring (bicyclic) bond motifs is 1. The third-order valence-electron chi connectivity index (χ3n) is 6.06. The molecule has 8 N–H and O–H groups in total. The van der Waals surface area contributed by atoms with Crippen molar-refractivity contribution in [3.05, 3.63) is 12.7 Å². The van der Waals surface area contributed by atoms with Crippen molar-refractivity contribution < 1.29 is 66.2 Å². The highest BCUT2D eigenvalue weighted by Crippen LogP contribution is 2.66. The second-order valence-corrected chi connectivity index (χ2v) is 13.9. The first-order valence-electron chi connectivity index (χ1n) is 13.0. The molecule has 0 aromatic carbocycles. The zero-order valence-electron chi connectivity index (χ0n) is 22.9. The van der Waals surface area contributed by atoms with E-state index in [0.29, 0.717) is 24.4 Å². The molecule has 1 fully saturated rings. The molecule has 43 heavy (non-hydrogen) atoms. The molecule has 1 aliphatic heterocycles. The Kier molecular flexibility index (Phi) is 12.7. The van der Waals surface area contributed by atoms with Gasteiger partial charge in [0, 0.05) is 20.0 Å². The van der Waals surface area contributed by atoms with Crippen LogP contribution in [0, 0.1) is 0 Å². The SMILES string of the molecule is CC(=O)NCCCCCCCCNc1ncnc2c1ncn2[C@@H]1O[C@H](COP(=O)(O)OP(=O)(O)OP(=O)(O)O)[C@@H](O)[C@H]1O. The van der Waals surface area contributed by atoms with Gasteiger partial charge in [-0.05, 0) is 12.8 Å². The number of carbonyl (C=O) groups is 1. The summed E-state index contributed by atoms with van der Waals surface area (Å²) in [6.45, 7) is 1.82. The molecule has 3 rings (SSSR count). The summed E-state index contributed by atoms with van der Waals surface area (Å²) in [6, 6.07) is 0. The Hall–Kier alpha value is -1.89. The quantitative estimate of drug-likeness (QED) is 0.0795. The summed E-state index contributed by atoms with van der Waals surface area (Å²) in [7, 11) is -16.8. The number of amides is 1. The van der Waals surface area contributed by atoms with Crippen LogP contribution < -0.4 is 10.6 Å². The van der Waals surface area contributed by atoms with Crippen molar-refractivity contribution in [2.24, 2.45) is 0 Å². The number of aliphatic hydroxyl groups is 2. The molecule has 2 aromatic heterocycles. The third kappa shape index (κ3) is 11.2. The van der Waals surface area contributed by atoms with Gasteiger partial charge in [0.1, 0.15) is 24.6 Å². The van der Waals surface area contributed by atoms with Crippen LogP contribution in [-0.2, 0) is 36.4 Å². The van der Waals surface area contributed by atoms with Gasteiger partial charge in [-0.3, -0.25) is 13.9 Å². The Labute approximate surface area is 245 Å². The summed E-state index contributed by atoms with van der Waals surface area (Å²) < 4.78 is 52.9. The molecule has 1 saturated heterocycles. The van der Waals surface area contributed by atoms with Crippen LogP contribution in [0.3, 0.4) is 0 Å². The van der Waals surface area contributed by atoms with Crippen molar-refractivity contribution in [3.8, 4) is 0 Å². The van der Waals surface area contributed by atoms with E-state index in [-0.39, 0.29) is 11.6 Å². The first-order valence-corrected chi connectivity index (χ1v) is 17.6. The highest BCUT2D eigenvalue weighted by Gasteiger charge is 2.47. The maximum Gasteiger partial charge on any atom is 0.490 e. The number of aliphatic hydroxyl groups excluding tert-OH is 2. The number of nitrogens with one attached hydrogen (secondary N) is 2. The molecule has 1 aliphatic rings. The Morgan fingerprint density at radius 1 is 0.930 bits per heavy atom. The van der Waals surface area contributed by atoms with Gasteiger partial charge in [-0.1, -0.05) is 25.7 Å². The van der Waals surface area contributed by atoms with Crippen LogP contribution in [0.25, 0.3) is 11.2 Å². The molecule has 6 atom stereocenters. The molecule has 2 unspecified atom stereocenters. The van der Waals surface area contributed by atoms with Crippen molar-refractivity contribution in [3.63, 3.8) is 0 Å². The number of nitrogens with zero attached hydrogens (tertiary/aromatic N) is 4. The number of ether oxygens (including phenoxy) is 1. The van der Waals surface area contributed by atoms with Crippen LogP contribution in [0.15, 0.2) is 12.7 Å². The smallest absolute Gasteiger partial charge is 0.387 e. The molecule has 0 saturated carbocycles. The molecule has 0 aliphatic carbocycles. The lowest BCUT2D eigenvalue weighted by Crippen LogP contribution is -2.33. The van der Waals surface area contributed by atoms with E-state index in [4.69, 9.17) is 14.5 Å². The molecule has 0 radical (unpaired) electrons. The highest BCUT2D eigenvalue weighted by molar-refractivity contribution is 7.66. The normalized spacial score (nSPS) is 23.6. The number of hydrogen-bond acceptors (Lipinski definition) is 14. The van der Waals surface area contributed by atoms with Gasteiger partial charge in [-0.2, -0.15) is 8.62 Å². The number of hydrogen-bond donors (Lipinski definition) is 8. The fourth-order valence-electron chi connectivity index (χ4n) is 4.16. The Bertz CT molecular complexity index is 1370. The maximum absolute atomic E-state index is 12.0. The lowest BCUT2D eigenvalue weighted by Gasteiger charge is -2.19. The topological polar surface area (TPSA) is 294 Å². The summed E-state index contributed by atoms with van der Waals surface area (Å²) >= 11 is 0. The highest BCUT2D eigenvalue weighted by atomic mass is 31.3. The first kappa shape index (κ1) is 35.6. The van der Waals surface area contributed by atoms with E-state index in [2.05, 4.69) is 38.7 Å². The number of rotatable bonds is 18. The maximum atomic E-state index is 12.0. The largest absolute Gasteiger partial charge is 0.490 e. The minimum atomic E-state index is -5.73. The summed E-state index contributed by atoms with van der Waals surface area (Å²) in [5.41, 5.74) is 0.587. The van der Waals surface area contributed by atoms with Crippen molar-refractivity contribution in [1.29, 1.82) is 0 Å². The molecular formula is C20H35N6O14P3. The summed E-state index contributed by atoms with van der Waals surface area (Å²) in [4.78, 5) is 59.6. The van der Waals surface area contributed by atoms with Gasteiger partial charge in [0.2, 0.25) is 5.91 Å². The van der Waals surface area contributed by atoms with E-state index < -0.39 is 54.6 Å². The first-order chi connectivity index (χ1) is 20.1. The average molecular weight is 676 g/mol. The fourth-order valence-corrected chi connectivity index (χ4v) is 7.19. The van der Waals surface area contributed by atoms with Crippen molar-refractivity contribution in [1.82, 2.24) is 24.8 Å². The van der Waals surface area contributed by atoms with Gasteiger partial charge in [0.15, 0.2) is 23.2 Å². The van der Waals surface area contributed by atoms with Crippen LogP contribution in [-0.4, -0.2) is 93.2 Å². The van der Waals surface area contributed by atoms with E-state index >= 15 is 0 Å². The van der Waals surface area contributed by atoms with Gasteiger partial charge in [-0.15, -0.1) is 0 Å². The Balaban J connectivity index is 1.52. The zero-order valence-corrected chi connectivity index (χ0v) is 25.6. The minimum absolute atomic E-state index is 0.0313. The molecule has 2 aromatic rings.